The number of hydrogen-bond acceptors (Lipinski definition) is 5. The lowest BCUT2D eigenvalue weighted by Crippen LogP contribution is -2.34. The summed E-state index contributed by atoms with van der Waals surface area (Å²) in [5.41, 5.74) is 0. The summed E-state index contributed by atoms with van der Waals surface area (Å²) in [6.07, 6.45) is 1.71. The molecular formula is C15H25NO3S. The van der Waals surface area contributed by atoms with Crippen LogP contribution in [0.15, 0.2) is 12.1 Å². The molecule has 1 saturated heterocycles. The highest BCUT2D eigenvalue weighted by Gasteiger charge is 2.16. The van der Waals surface area contributed by atoms with Crippen molar-refractivity contribution in [2.24, 2.45) is 0 Å². The van der Waals surface area contributed by atoms with Crippen molar-refractivity contribution in [3.63, 3.8) is 0 Å². The predicted octanol–water partition coefficient (Wildman–Crippen LogP) is 2.04. The van der Waals surface area contributed by atoms with Crippen molar-refractivity contribution in [1.29, 1.82) is 0 Å². The fourth-order valence-electron chi connectivity index (χ4n) is 2.40. The molecule has 1 N–H and O–H groups in total. The summed E-state index contributed by atoms with van der Waals surface area (Å²) in [5.74, 6) is 0. The lowest BCUT2D eigenvalue weighted by molar-refractivity contribution is -0.0633. The van der Waals surface area contributed by atoms with Crippen LogP contribution in [0.1, 0.15) is 22.6 Å². The first-order chi connectivity index (χ1) is 9.63. The Morgan fingerprint density at radius 1 is 1.45 bits per heavy atom. The molecule has 1 atom stereocenters. The minimum absolute atomic E-state index is 0.253. The second kappa shape index (κ2) is 8.10. The van der Waals surface area contributed by atoms with Gasteiger partial charge < -0.3 is 14.6 Å². The summed E-state index contributed by atoms with van der Waals surface area (Å²) >= 11 is 1.81. The van der Waals surface area contributed by atoms with Gasteiger partial charge in [0.05, 0.1) is 18.8 Å². The molecule has 1 aliphatic rings. The topological polar surface area (TPSA) is 41.9 Å². The number of aliphatic hydroxyl groups excluding tert-OH is 1. The van der Waals surface area contributed by atoms with Crippen LogP contribution in [0.3, 0.4) is 0 Å². The van der Waals surface area contributed by atoms with Crippen molar-refractivity contribution >= 4 is 11.3 Å². The first kappa shape index (κ1) is 15.9. The van der Waals surface area contributed by atoms with E-state index in [2.05, 4.69) is 24.0 Å². The minimum atomic E-state index is -0.427. The summed E-state index contributed by atoms with van der Waals surface area (Å²) in [7, 11) is 2.03. The summed E-state index contributed by atoms with van der Waals surface area (Å²) in [6, 6.07) is 4.29. The molecule has 2 rings (SSSR count). The fraction of sp³-hybridized carbons (Fsp3) is 0.733. The van der Waals surface area contributed by atoms with E-state index < -0.39 is 6.10 Å². The van der Waals surface area contributed by atoms with Crippen LogP contribution < -0.4 is 0 Å². The van der Waals surface area contributed by atoms with E-state index in [4.69, 9.17) is 9.47 Å². The maximum absolute atomic E-state index is 10.0. The Kier molecular flexibility index (Phi) is 6.45. The van der Waals surface area contributed by atoms with Crippen LogP contribution in [0.2, 0.25) is 0 Å². The van der Waals surface area contributed by atoms with Gasteiger partial charge in [-0.2, -0.15) is 0 Å². The van der Waals surface area contributed by atoms with Gasteiger partial charge in [0.15, 0.2) is 0 Å². The van der Waals surface area contributed by atoms with Gasteiger partial charge in [0, 0.05) is 36.1 Å². The van der Waals surface area contributed by atoms with Gasteiger partial charge in [0.2, 0.25) is 0 Å². The molecule has 0 amide bonds. The number of hydrogen-bond donors (Lipinski definition) is 1. The molecule has 1 aromatic rings. The van der Waals surface area contributed by atoms with Gasteiger partial charge in [-0.1, -0.05) is 0 Å². The molecule has 0 radical (unpaired) electrons. The van der Waals surface area contributed by atoms with Crippen LogP contribution in [-0.4, -0.2) is 55.6 Å². The van der Waals surface area contributed by atoms with E-state index in [1.807, 2.05) is 18.4 Å². The summed E-state index contributed by atoms with van der Waals surface area (Å²) in [5, 5.41) is 10.0. The zero-order valence-electron chi connectivity index (χ0n) is 12.4. The lowest BCUT2D eigenvalue weighted by Gasteiger charge is -2.25. The molecule has 114 valence electrons. The van der Waals surface area contributed by atoms with E-state index in [1.165, 1.54) is 9.75 Å². The normalized spacial score (nSPS) is 18.6. The average molecular weight is 299 g/mol. The van der Waals surface area contributed by atoms with E-state index in [1.54, 1.807) is 0 Å². The van der Waals surface area contributed by atoms with Gasteiger partial charge in [-0.3, -0.25) is 4.90 Å². The summed E-state index contributed by atoms with van der Waals surface area (Å²) < 4.78 is 11.0. The van der Waals surface area contributed by atoms with Crippen molar-refractivity contribution < 1.29 is 14.6 Å². The quantitative estimate of drug-likeness (QED) is 0.837. The van der Waals surface area contributed by atoms with Crippen molar-refractivity contribution in [3.8, 4) is 0 Å². The molecule has 0 bridgehead atoms. The van der Waals surface area contributed by atoms with Crippen LogP contribution >= 0.6 is 11.3 Å². The molecule has 1 unspecified atom stereocenters. The maximum atomic E-state index is 10.0. The third-order valence-corrected chi connectivity index (χ3v) is 4.42. The van der Waals surface area contributed by atoms with E-state index in [9.17, 15) is 5.11 Å². The number of rotatable bonds is 7. The molecule has 0 saturated carbocycles. The molecule has 1 aromatic heterocycles. The molecule has 5 heteroatoms. The van der Waals surface area contributed by atoms with Gasteiger partial charge >= 0.3 is 0 Å². The average Bonchev–Trinajstić information content (AvgIpc) is 2.83. The van der Waals surface area contributed by atoms with E-state index >= 15 is 0 Å². The largest absolute Gasteiger partial charge is 0.389 e. The third kappa shape index (κ3) is 5.50. The highest BCUT2D eigenvalue weighted by atomic mass is 32.1. The van der Waals surface area contributed by atoms with Gasteiger partial charge in [0.1, 0.15) is 0 Å². The SMILES string of the molecule is Cc1ccc(CN(C)CC(O)COC2CCOCC2)s1. The second-order valence-electron chi connectivity index (χ2n) is 5.51. The van der Waals surface area contributed by atoms with E-state index in [0.29, 0.717) is 13.2 Å². The molecule has 1 fully saturated rings. The monoisotopic (exact) mass is 299 g/mol. The first-order valence-corrected chi connectivity index (χ1v) is 8.06. The second-order valence-corrected chi connectivity index (χ2v) is 6.88. The van der Waals surface area contributed by atoms with Gasteiger partial charge in [-0.25, -0.2) is 0 Å². The Labute approximate surface area is 125 Å². The molecule has 0 spiro atoms. The Bertz CT molecular complexity index is 390. The molecule has 0 aliphatic carbocycles. The van der Waals surface area contributed by atoms with Gasteiger partial charge in [-0.15, -0.1) is 11.3 Å². The zero-order valence-corrected chi connectivity index (χ0v) is 13.2. The van der Waals surface area contributed by atoms with Gasteiger partial charge in [-0.05, 0) is 38.9 Å². The molecular weight excluding hydrogens is 274 g/mol. The number of ether oxygens (including phenoxy) is 2. The van der Waals surface area contributed by atoms with Crippen molar-refractivity contribution in [2.45, 2.75) is 38.5 Å². The Morgan fingerprint density at radius 3 is 2.85 bits per heavy atom. The van der Waals surface area contributed by atoms with Crippen LogP contribution in [-0.2, 0) is 16.0 Å². The number of aryl methyl sites for hydroxylation is 1. The standard InChI is InChI=1S/C15H25NO3S/c1-12-3-4-15(20-12)10-16(2)9-13(17)11-19-14-5-7-18-8-6-14/h3-4,13-14,17H,5-11H2,1-2H3. The Morgan fingerprint density at radius 2 is 2.20 bits per heavy atom. The lowest BCUT2D eigenvalue weighted by atomic mass is 10.1. The number of thiophene rings is 1. The van der Waals surface area contributed by atoms with Gasteiger partial charge in [0.25, 0.3) is 0 Å². The fourth-order valence-corrected chi connectivity index (χ4v) is 3.37. The van der Waals surface area contributed by atoms with Crippen LogP contribution in [0.5, 0.6) is 0 Å². The molecule has 0 aromatic carbocycles. The molecule has 20 heavy (non-hydrogen) atoms. The smallest absolute Gasteiger partial charge is 0.0900 e. The number of aliphatic hydroxyl groups is 1. The molecule has 2 heterocycles. The predicted molar refractivity (Wildman–Crippen MR) is 81.2 cm³/mol. The van der Waals surface area contributed by atoms with Crippen molar-refractivity contribution in [2.75, 3.05) is 33.4 Å². The Balaban J connectivity index is 1.64. The maximum Gasteiger partial charge on any atom is 0.0900 e. The van der Waals surface area contributed by atoms with Crippen LogP contribution in [0.4, 0.5) is 0 Å². The van der Waals surface area contributed by atoms with E-state index in [-0.39, 0.29) is 6.10 Å². The minimum Gasteiger partial charge on any atom is -0.389 e. The van der Waals surface area contributed by atoms with Crippen LogP contribution in [0.25, 0.3) is 0 Å². The van der Waals surface area contributed by atoms with Crippen molar-refractivity contribution in [3.05, 3.63) is 21.9 Å². The van der Waals surface area contributed by atoms with E-state index in [0.717, 1.165) is 32.6 Å². The first-order valence-electron chi connectivity index (χ1n) is 7.25. The highest BCUT2D eigenvalue weighted by molar-refractivity contribution is 7.11. The summed E-state index contributed by atoms with van der Waals surface area (Å²) in [6.45, 7) is 5.60. The van der Waals surface area contributed by atoms with Crippen molar-refractivity contribution in [1.82, 2.24) is 4.90 Å². The number of nitrogens with zero attached hydrogens (tertiary/aromatic N) is 1. The number of likely N-dealkylation sites (N-methyl/N-ethyl adjacent to an activating group) is 1. The summed E-state index contributed by atoms with van der Waals surface area (Å²) in [4.78, 5) is 4.81. The molecule has 1 aliphatic heterocycles. The highest BCUT2D eigenvalue weighted by Crippen LogP contribution is 2.17. The van der Waals surface area contributed by atoms with Crippen LogP contribution in [0, 0.1) is 6.92 Å². The molecule has 4 nitrogen and oxygen atoms in total. The Hall–Kier alpha value is -0.460. The third-order valence-electron chi connectivity index (χ3n) is 3.44. The zero-order chi connectivity index (χ0) is 14.4.